The highest BCUT2D eigenvalue weighted by Gasteiger charge is 2.10. The van der Waals surface area contributed by atoms with Crippen molar-refractivity contribution >= 4 is 11.8 Å². The van der Waals surface area contributed by atoms with Crippen molar-refractivity contribution in [2.24, 2.45) is 0 Å². The maximum atomic E-state index is 4.11. The van der Waals surface area contributed by atoms with Gasteiger partial charge in [-0.1, -0.05) is 49.1 Å². The number of aromatic nitrogens is 1. The lowest BCUT2D eigenvalue weighted by Gasteiger charge is -2.20. The molecule has 0 aliphatic heterocycles. The van der Waals surface area contributed by atoms with E-state index in [2.05, 4.69) is 35.6 Å². The van der Waals surface area contributed by atoms with Crippen LogP contribution < -0.4 is 5.32 Å². The van der Waals surface area contributed by atoms with E-state index in [1.54, 1.807) is 6.20 Å². The summed E-state index contributed by atoms with van der Waals surface area (Å²) in [6.07, 6.45) is 8.20. The van der Waals surface area contributed by atoms with Gasteiger partial charge in [0.1, 0.15) is 0 Å². The molecule has 1 N–H and O–H groups in total. The highest BCUT2D eigenvalue weighted by Crippen LogP contribution is 2.25. The fraction of sp³-hybridized carbons (Fsp3) is 0.118. The molecule has 0 spiro atoms. The molecule has 2 heteroatoms. The second-order valence-corrected chi connectivity index (χ2v) is 4.30. The van der Waals surface area contributed by atoms with Gasteiger partial charge >= 0.3 is 0 Å². The zero-order valence-corrected chi connectivity index (χ0v) is 10.9. The van der Waals surface area contributed by atoms with Crippen molar-refractivity contribution < 1.29 is 0 Å². The number of anilines is 1. The predicted molar refractivity (Wildman–Crippen MR) is 81.9 cm³/mol. The summed E-state index contributed by atoms with van der Waals surface area (Å²) in [6.45, 7) is 7.66. The minimum Gasteiger partial charge on any atom is -0.377 e. The van der Waals surface area contributed by atoms with Gasteiger partial charge in [0.2, 0.25) is 0 Å². The van der Waals surface area contributed by atoms with Crippen LogP contribution in [0.3, 0.4) is 0 Å². The van der Waals surface area contributed by atoms with Gasteiger partial charge in [0.25, 0.3) is 0 Å². The number of benzene rings is 1. The molecule has 96 valence electrons. The molecule has 1 atom stereocenters. The van der Waals surface area contributed by atoms with Gasteiger partial charge < -0.3 is 5.32 Å². The maximum absolute atomic E-state index is 4.11. The molecule has 0 saturated heterocycles. The second-order valence-electron chi connectivity index (χ2n) is 4.30. The number of nitrogens with one attached hydrogen (secondary N) is 1. The summed E-state index contributed by atoms with van der Waals surface area (Å²) in [7, 11) is 0. The molecule has 1 aromatic heterocycles. The van der Waals surface area contributed by atoms with E-state index in [1.807, 2.05) is 42.6 Å². The van der Waals surface area contributed by atoms with Gasteiger partial charge in [0.05, 0.1) is 6.04 Å². The Morgan fingerprint density at radius 1 is 1.16 bits per heavy atom. The van der Waals surface area contributed by atoms with Gasteiger partial charge in [-0.15, -0.1) is 6.58 Å². The molecule has 1 aromatic carbocycles. The maximum Gasteiger partial charge on any atom is 0.0548 e. The fourth-order valence-electron chi connectivity index (χ4n) is 2.02. The Morgan fingerprint density at radius 3 is 2.63 bits per heavy atom. The fourth-order valence-corrected chi connectivity index (χ4v) is 2.02. The monoisotopic (exact) mass is 250 g/mol. The minimum absolute atomic E-state index is 0.208. The van der Waals surface area contributed by atoms with E-state index in [1.165, 1.54) is 5.56 Å². The van der Waals surface area contributed by atoms with Crippen LogP contribution in [-0.2, 0) is 0 Å². The van der Waals surface area contributed by atoms with Crippen LogP contribution in [0.15, 0.2) is 68.0 Å². The zero-order chi connectivity index (χ0) is 13.5. The summed E-state index contributed by atoms with van der Waals surface area (Å²) in [5.74, 6) is 0. The van der Waals surface area contributed by atoms with E-state index >= 15 is 0 Å². The predicted octanol–water partition coefficient (Wildman–Crippen LogP) is 4.45. The van der Waals surface area contributed by atoms with Crippen molar-refractivity contribution in [1.29, 1.82) is 0 Å². The smallest absolute Gasteiger partial charge is 0.0548 e. The molecule has 2 nitrogen and oxygen atoms in total. The van der Waals surface area contributed by atoms with Crippen LogP contribution in [0.25, 0.3) is 6.08 Å². The summed E-state index contributed by atoms with van der Waals surface area (Å²) in [6, 6.07) is 12.5. The summed E-state index contributed by atoms with van der Waals surface area (Å²) in [5.41, 5.74) is 3.29. The Labute approximate surface area is 114 Å². The number of hydrogen-bond acceptors (Lipinski definition) is 2. The van der Waals surface area contributed by atoms with E-state index in [0.717, 1.165) is 17.7 Å². The first-order valence-electron chi connectivity index (χ1n) is 6.34. The molecule has 0 aliphatic carbocycles. The molecule has 0 radical (unpaired) electrons. The summed E-state index contributed by atoms with van der Waals surface area (Å²) >= 11 is 0. The van der Waals surface area contributed by atoms with E-state index in [-0.39, 0.29) is 6.04 Å². The molecular weight excluding hydrogens is 232 g/mol. The first-order valence-corrected chi connectivity index (χ1v) is 6.34. The van der Waals surface area contributed by atoms with Gasteiger partial charge in [-0.3, -0.25) is 4.98 Å². The molecule has 0 saturated carbocycles. The van der Waals surface area contributed by atoms with Crippen LogP contribution in [0.2, 0.25) is 0 Å². The highest BCUT2D eigenvalue weighted by molar-refractivity contribution is 5.64. The van der Waals surface area contributed by atoms with Crippen LogP contribution in [0.4, 0.5) is 5.69 Å². The van der Waals surface area contributed by atoms with Gasteiger partial charge in [0.15, 0.2) is 0 Å². The van der Waals surface area contributed by atoms with E-state index in [9.17, 15) is 0 Å². The standard InChI is InChI=1S/C17H18N2/c1-3-8-16(15-9-6-5-7-10-15)19-17-11-12-18-13-14(17)4-2/h3-7,9-13,16H,1-2,8H2,(H,18,19). The highest BCUT2D eigenvalue weighted by atomic mass is 14.9. The molecule has 0 bridgehead atoms. The Morgan fingerprint density at radius 2 is 1.95 bits per heavy atom. The van der Waals surface area contributed by atoms with Gasteiger partial charge in [0, 0.05) is 23.6 Å². The molecule has 1 heterocycles. The molecule has 1 unspecified atom stereocenters. The number of rotatable bonds is 6. The van der Waals surface area contributed by atoms with Crippen molar-refractivity contribution in [1.82, 2.24) is 4.98 Å². The van der Waals surface area contributed by atoms with Crippen LogP contribution in [-0.4, -0.2) is 4.98 Å². The minimum atomic E-state index is 0.208. The van der Waals surface area contributed by atoms with Crippen LogP contribution in [0.5, 0.6) is 0 Å². The van der Waals surface area contributed by atoms with Crippen LogP contribution >= 0.6 is 0 Å². The summed E-state index contributed by atoms with van der Waals surface area (Å²) in [5, 5.41) is 3.53. The Hall–Kier alpha value is -2.35. The van der Waals surface area contributed by atoms with Crippen molar-refractivity contribution in [2.75, 3.05) is 5.32 Å². The quantitative estimate of drug-likeness (QED) is 0.766. The van der Waals surface area contributed by atoms with Crippen LogP contribution in [0.1, 0.15) is 23.6 Å². The van der Waals surface area contributed by atoms with E-state index in [0.29, 0.717) is 0 Å². The average Bonchev–Trinajstić information content (AvgIpc) is 2.48. The SMILES string of the molecule is C=CCC(Nc1ccncc1C=C)c1ccccc1. The third-order valence-corrected chi connectivity index (χ3v) is 3.01. The van der Waals surface area contributed by atoms with Gasteiger partial charge in [-0.05, 0) is 18.1 Å². The Balaban J connectivity index is 2.26. The first-order chi connectivity index (χ1) is 9.35. The topological polar surface area (TPSA) is 24.9 Å². The number of hydrogen-bond donors (Lipinski definition) is 1. The number of nitrogens with zero attached hydrogens (tertiary/aromatic N) is 1. The average molecular weight is 250 g/mol. The lowest BCUT2D eigenvalue weighted by molar-refractivity contribution is 0.798. The first kappa shape index (κ1) is 13.1. The Bertz CT molecular complexity index is 546. The van der Waals surface area contributed by atoms with Crippen molar-refractivity contribution in [3.8, 4) is 0 Å². The number of pyridine rings is 1. The van der Waals surface area contributed by atoms with E-state index < -0.39 is 0 Å². The zero-order valence-electron chi connectivity index (χ0n) is 10.9. The van der Waals surface area contributed by atoms with Crippen molar-refractivity contribution in [2.45, 2.75) is 12.5 Å². The lowest BCUT2D eigenvalue weighted by atomic mass is 10.0. The van der Waals surface area contributed by atoms with Crippen LogP contribution in [0, 0.1) is 0 Å². The lowest BCUT2D eigenvalue weighted by Crippen LogP contribution is -2.10. The summed E-state index contributed by atoms with van der Waals surface area (Å²) < 4.78 is 0. The third-order valence-electron chi connectivity index (χ3n) is 3.01. The summed E-state index contributed by atoms with van der Waals surface area (Å²) in [4.78, 5) is 4.11. The molecular formula is C17H18N2. The Kier molecular flexibility index (Phi) is 4.51. The third kappa shape index (κ3) is 3.32. The van der Waals surface area contributed by atoms with Gasteiger partial charge in [-0.25, -0.2) is 0 Å². The molecule has 19 heavy (non-hydrogen) atoms. The van der Waals surface area contributed by atoms with Gasteiger partial charge in [-0.2, -0.15) is 0 Å². The molecule has 0 amide bonds. The van der Waals surface area contributed by atoms with Crippen molar-refractivity contribution in [3.05, 3.63) is 79.2 Å². The molecule has 0 aliphatic rings. The second kappa shape index (κ2) is 6.55. The molecule has 0 fully saturated rings. The van der Waals surface area contributed by atoms with E-state index in [4.69, 9.17) is 0 Å². The normalized spacial score (nSPS) is 11.6. The van der Waals surface area contributed by atoms with Crippen molar-refractivity contribution in [3.63, 3.8) is 0 Å². The largest absolute Gasteiger partial charge is 0.377 e. The molecule has 2 aromatic rings. The molecule has 2 rings (SSSR count).